The second kappa shape index (κ2) is 5.31. The SMILES string of the molecule is CCC(c1nc2ccc(C)cc2[nH]1)N1CCNCC1. The number of aromatic nitrogens is 2. The summed E-state index contributed by atoms with van der Waals surface area (Å²) in [6, 6.07) is 6.82. The third kappa shape index (κ3) is 2.51. The Morgan fingerprint density at radius 1 is 1.32 bits per heavy atom. The van der Waals surface area contributed by atoms with Crippen molar-refractivity contribution in [3.63, 3.8) is 0 Å². The minimum absolute atomic E-state index is 0.412. The van der Waals surface area contributed by atoms with E-state index < -0.39 is 0 Å². The van der Waals surface area contributed by atoms with Crippen molar-refractivity contribution in [3.05, 3.63) is 29.6 Å². The van der Waals surface area contributed by atoms with E-state index >= 15 is 0 Å². The van der Waals surface area contributed by atoms with Gasteiger partial charge < -0.3 is 10.3 Å². The molecule has 0 spiro atoms. The summed E-state index contributed by atoms with van der Waals surface area (Å²) < 4.78 is 0. The minimum Gasteiger partial charge on any atom is -0.341 e. The maximum atomic E-state index is 4.78. The molecule has 0 bridgehead atoms. The Morgan fingerprint density at radius 2 is 2.11 bits per heavy atom. The van der Waals surface area contributed by atoms with Gasteiger partial charge in [-0.15, -0.1) is 0 Å². The fraction of sp³-hybridized carbons (Fsp3) is 0.533. The van der Waals surface area contributed by atoms with Crippen LogP contribution in [0.4, 0.5) is 0 Å². The Kier molecular flexibility index (Phi) is 3.53. The first-order valence-corrected chi connectivity index (χ1v) is 7.19. The van der Waals surface area contributed by atoms with Gasteiger partial charge in [-0.1, -0.05) is 13.0 Å². The molecule has 1 atom stereocenters. The van der Waals surface area contributed by atoms with E-state index in [2.05, 4.69) is 47.2 Å². The summed E-state index contributed by atoms with van der Waals surface area (Å²) in [6.07, 6.45) is 1.10. The molecular formula is C15H22N4. The van der Waals surface area contributed by atoms with Gasteiger partial charge in [0.05, 0.1) is 17.1 Å². The Bertz CT molecular complexity index is 554. The fourth-order valence-electron chi connectivity index (χ4n) is 2.92. The van der Waals surface area contributed by atoms with Crippen molar-refractivity contribution in [2.75, 3.05) is 26.2 Å². The molecule has 1 saturated heterocycles. The number of piperazine rings is 1. The molecule has 1 aliphatic rings. The molecule has 1 fully saturated rings. The lowest BCUT2D eigenvalue weighted by Gasteiger charge is -2.33. The fourth-order valence-corrected chi connectivity index (χ4v) is 2.92. The maximum absolute atomic E-state index is 4.78. The minimum atomic E-state index is 0.412. The van der Waals surface area contributed by atoms with E-state index in [1.54, 1.807) is 0 Å². The van der Waals surface area contributed by atoms with Gasteiger partial charge >= 0.3 is 0 Å². The van der Waals surface area contributed by atoms with Crippen LogP contribution in [-0.4, -0.2) is 41.0 Å². The molecule has 1 aromatic carbocycles. The largest absolute Gasteiger partial charge is 0.341 e. The zero-order chi connectivity index (χ0) is 13.2. The lowest BCUT2D eigenvalue weighted by atomic mass is 10.1. The summed E-state index contributed by atoms with van der Waals surface area (Å²) in [5.74, 6) is 1.12. The number of hydrogen-bond acceptors (Lipinski definition) is 3. The molecule has 4 nitrogen and oxygen atoms in total. The van der Waals surface area contributed by atoms with E-state index in [-0.39, 0.29) is 0 Å². The van der Waals surface area contributed by atoms with E-state index in [4.69, 9.17) is 4.98 Å². The van der Waals surface area contributed by atoms with Gasteiger partial charge in [0.1, 0.15) is 5.82 Å². The zero-order valence-corrected chi connectivity index (χ0v) is 11.7. The first kappa shape index (κ1) is 12.6. The van der Waals surface area contributed by atoms with Gasteiger partial charge in [0.25, 0.3) is 0 Å². The molecule has 1 aromatic heterocycles. The van der Waals surface area contributed by atoms with Crippen molar-refractivity contribution < 1.29 is 0 Å². The predicted molar refractivity (Wildman–Crippen MR) is 78.3 cm³/mol. The molecule has 102 valence electrons. The standard InChI is InChI=1S/C15H22N4/c1-3-14(19-8-6-16-7-9-19)15-17-12-5-4-11(2)10-13(12)18-15/h4-5,10,14,16H,3,6-9H2,1-2H3,(H,17,18). The average Bonchev–Trinajstić information content (AvgIpc) is 2.83. The highest BCUT2D eigenvalue weighted by molar-refractivity contribution is 5.75. The molecule has 4 heteroatoms. The third-order valence-corrected chi connectivity index (χ3v) is 3.95. The third-order valence-electron chi connectivity index (χ3n) is 3.95. The average molecular weight is 258 g/mol. The van der Waals surface area contributed by atoms with Gasteiger partial charge in [-0.3, -0.25) is 4.90 Å². The summed E-state index contributed by atoms with van der Waals surface area (Å²) >= 11 is 0. The first-order chi connectivity index (χ1) is 9.28. The van der Waals surface area contributed by atoms with Crippen LogP contribution >= 0.6 is 0 Å². The maximum Gasteiger partial charge on any atom is 0.124 e. The van der Waals surface area contributed by atoms with E-state index in [1.165, 1.54) is 5.56 Å². The van der Waals surface area contributed by atoms with Crippen molar-refractivity contribution in [3.8, 4) is 0 Å². The number of rotatable bonds is 3. The molecule has 19 heavy (non-hydrogen) atoms. The summed E-state index contributed by atoms with van der Waals surface area (Å²) in [5, 5.41) is 3.41. The lowest BCUT2D eigenvalue weighted by Crippen LogP contribution is -2.45. The second-order valence-electron chi connectivity index (χ2n) is 5.35. The molecule has 2 N–H and O–H groups in total. The Balaban J connectivity index is 1.91. The molecular weight excluding hydrogens is 236 g/mol. The van der Waals surface area contributed by atoms with Crippen LogP contribution in [0.25, 0.3) is 11.0 Å². The van der Waals surface area contributed by atoms with E-state index in [0.29, 0.717) is 6.04 Å². The number of imidazole rings is 1. The van der Waals surface area contributed by atoms with Crippen LogP contribution in [-0.2, 0) is 0 Å². The van der Waals surface area contributed by atoms with Crippen molar-refractivity contribution in [2.24, 2.45) is 0 Å². The highest BCUT2D eigenvalue weighted by atomic mass is 15.2. The molecule has 2 heterocycles. The molecule has 3 rings (SSSR count). The van der Waals surface area contributed by atoms with Crippen molar-refractivity contribution >= 4 is 11.0 Å². The summed E-state index contributed by atoms with van der Waals surface area (Å²) in [7, 11) is 0. The second-order valence-corrected chi connectivity index (χ2v) is 5.35. The highest BCUT2D eigenvalue weighted by Crippen LogP contribution is 2.24. The van der Waals surface area contributed by atoms with Crippen molar-refractivity contribution in [1.82, 2.24) is 20.2 Å². The number of H-pyrrole nitrogens is 1. The highest BCUT2D eigenvalue weighted by Gasteiger charge is 2.23. The van der Waals surface area contributed by atoms with E-state index in [1.807, 2.05) is 0 Å². The van der Waals surface area contributed by atoms with Crippen molar-refractivity contribution in [1.29, 1.82) is 0 Å². The van der Waals surface area contributed by atoms with Crippen LogP contribution in [0.15, 0.2) is 18.2 Å². The van der Waals surface area contributed by atoms with Crippen molar-refractivity contribution in [2.45, 2.75) is 26.3 Å². The van der Waals surface area contributed by atoms with Gasteiger partial charge in [-0.05, 0) is 31.0 Å². The Morgan fingerprint density at radius 3 is 2.84 bits per heavy atom. The smallest absolute Gasteiger partial charge is 0.124 e. The normalized spacial score (nSPS) is 18.8. The van der Waals surface area contributed by atoms with Gasteiger partial charge in [0, 0.05) is 26.2 Å². The van der Waals surface area contributed by atoms with Crippen LogP contribution in [0.1, 0.15) is 30.8 Å². The zero-order valence-electron chi connectivity index (χ0n) is 11.7. The summed E-state index contributed by atoms with van der Waals surface area (Å²) in [6.45, 7) is 8.73. The first-order valence-electron chi connectivity index (χ1n) is 7.19. The van der Waals surface area contributed by atoms with Crippen LogP contribution in [0, 0.1) is 6.92 Å². The molecule has 1 aliphatic heterocycles. The molecule has 0 saturated carbocycles. The van der Waals surface area contributed by atoms with Gasteiger partial charge in [-0.2, -0.15) is 0 Å². The van der Waals surface area contributed by atoms with Crippen LogP contribution in [0.2, 0.25) is 0 Å². The molecule has 2 aromatic rings. The number of benzene rings is 1. The van der Waals surface area contributed by atoms with Gasteiger partial charge in [0.15, 0.2) is 0 Å². The number of aryl methyl sites for hydroxylation is 1. The molecule has 1 unspecified atom stereocenters. The Hall–Kier alpha value is -1.39. The Labute approximate surface area is 114 Å². The van der Waals surface area contributed by atoms with Crippen LogP contribution < -0.4 is 5.32 Å². The molecule has 0 radical (unpaired) electrons. The summed E-state index contributed by atoms with van der Waals surface area (Å²) in [5.41, 5.74) is 3.51. The van der Waals surface area contributed by atoms with E-state index in [9.17, 15) is 0 Å². The van der Waals surface area contributed by atoms with Gasteiger partial charge in [0.2, 0.25) is 0 Å². The molecule has 0 amide bonds. The van der Waals surface area contributed by atoms with E-state index in [0.717, 1.165) is 49.5 Å². The number of hydrogen-bond donors (Lipinski definition) is 2. The van der Waals surface area contributed by atoms with Gasteiger partial charge in [-0.25, -0.2) is 4.98 Å². The number of nitrogens with one attached hydrogen (secondary N) is 2. The number of nitrogens with zero attached hydrogens (tertiary/aromatic N) is 2. The number of fused-ring (bicyclic) bond motifs is 1. The van der Waals surface area contributed by atoms with Crippen LogP contribution in [0.3, 0.4) is 0 Å². The quantitative estimate of drug-likeness (QED) is 0.887. The topological polar surface area (TPSA) is 44.0 Å². The predicted octanol–water partition coefficient (Wildman–Crippen LogP) is 2.23. The monoisotopic (exact) mass is 258 g/mol. The molecule has 0 aliphatic carbocycles. The van der Waals surface area contributed by atoms with Crippen LogP contribution in [0.5, 0.6) is 0 Å². The number of aromatic amines is 1. The summed E-state index contributed by atoms with van der Waals surface area (Å²) in [4.78, 5) is 10.8. The lowest BCUT2D eigenvalue weighted by molar-refractivity contribution is 0.164.